The van der Waals surface area contributed by atoms with Gasteiger partial charge in [0.05, 0.1) is 12.2 Å². The van der Waals surface area contributed by atoms with Gasteiger partial charge in [-0.2, -0.15) is 0 Å². The third-order valence-corrected chi connectivity index (χ3v) is 2.44. The van der Waals surface area contributed by atoms with E-state index >= 15 is 0 Å². The molecule has 1 aromatic carbocycles. The highest BCUT2D eigenvalue weighted by atomic mass is 16.5. The minimum Gasteiger partial charge on any atom is -0.508 e. The van der Waals surface area contributed by atoms with E-state index in [0.29, 0.717) is 19.7 Å². The number of carbonyl (C=O) groups is 1. The number of carbonyl (C=O) groups excluding carboxylic acids is 1. The van der Waals surface area contributed by atoms with Crippen LogP contribution in [0.25, 0.3) is 0 Å². The Morgan fingerprint density at radius 1 is 1.41 bits per heavy atom. The van der Waals surface area contributed by atoms with Crippen molar-refractivity contribution in [3.05, 3.63) is 23.8 Å². The number of aromatic hydroxyl groups is 2. The maximum Gasteiger partial charge on any atom is 0.257 e. The summed E-state index contributed by atoms with van der Waals surface area (Å²) in [5.41, 5.74) is 0.1000. The summed E-state index contributed by atoms with van der Waals surface area (Å²) in [4.78, 5) is 13.6. The molecule has 1 rings (SSSR count). The Kier molecular flexibility index (Phi) is 4.78. The number of rotatable bonds is 5. The predicted octanol–water partition coefficient (Wildman–Crippen LogP) is 1.21. The zero-order valence-corrected chi connectivity index (χ0v) is 10.0. The topological polar surface area (TPSA) is 70.0 Å². The average molecular weight is 239 g/mol. The van der Waals surface area contributed by atoms with Crippen molar-refractivity contribution in [3.63, 3.8) is 0 Å². The molecule has 0 saturated carbocycles. The third-order valence-electron chi connectivity index (χ3n) is 2.44. The number of benzene rings is 1. The first-order valence-corrected chi connectivity index (χ1v) is 5.40. The summed E-state index contributed by atoms with van der Waals surface area (Å²) in [5.74, 6) is -0.504. The zero-order valence-electron chi connectivity index (χ0n) is 10.0. The maximum atomic E-state index is 12.1. The fraction of sp³-hybridized carbons (Fsp3) is 0.417. The molecular formula is C12H17NO4. The van der Waals surface area contributed by atoms with Crippen molar-refractivity contribution < 1.29 is 19.7 Å². The van der Waals surface area contributed by atoms with Crippen molar-refractivity contribution in [2.75, 3.05) is 26.8 Å². The second kappa shape index (κ2) is 6.10. The quantitative estimate of drug-likeness (QED) is 0.758. The summed E-state index contributed by atoms with van der Waals surface area (Å²) in [5, 5.41) is 18.9. The third kappa shape index (κ3) is 3.35. The summed E-state index contributed by atoms with van der Waals surface area (Å²) < 4.78 is 4.91. The molecule has 1 amide bonds. The van der Waals surface area contributed by atoms with Crippen LogP contribution in [0, 0.1) is 0 Å². The Morgan fingerprint density at radius 2 is 2.12 bits per heavy atom. The molecule has 0 fully saturated rings. The summed E-state index contributed by atoms with van der Waals surface area (Å²) in [6, 6.07) is 3.89. The lowest BCUT2D eigenvalue weighted by Crippen LogP contribution is -2.33. The average Bonchev–Trinajstić information content (AvgIpc) is 2.33. The molecule has 0 aliphatic rings. The van der Waals surface area contributed by atoms with E-state index in [9.17, 15) is 15.0 Å². The number of phenols is 2. The van der Waals surface area contributed by atoms with Crippen LogP contribution in [0.4, 0.5) is 0 Å². The van der Waals surface area contributed by atoms with Gasteiger partial charge in [-0.15, -0.1) is 0 Å². The Hall–Kier alpha value is -1.75. The number of hydrogen-bond acceptors (Lipinski definition) is 4. The monoisotopic (exact) mass is 239 g/mol. The first kappa shape index (κ1) is 13.3. The van der Waals surface area contributed by atoms with Gasteiger partial charge in [-0.1, -0.05) is 0 Å². The van der Waals surface area contributed by atoms with Gasteiger partial charge < -0.3 is 19.8 Å². The summed E-state index contributed by atoms with van der Waals surface area (Å²) >= 11 is 0. The SMILES string of the molecule is CCN(CCOC)C(=O)c1cc(O)ccc1O. The highest BCUT2D eigenvalue weighted by Gasteiger charge is 2.17. The second-order valence-corrected chi connectivity index (χ2v) is 3.58. The molecule has 0 aliphatic heterocycles. The van der Waals surface area contributed by atoms with Crippen molar-refractivity contribution in [3.8, 4) is 11.5 Å². The van der Waals surface area contributed by atoms with Gasteiger partial charge in [0.15, 0.2) is 0 Å². The predicted molar refractivity (Wildman–Crippen MR) is 63.2 cm³/mol. The van der Waals surface area contributed by atoms with Gasteiger partial charge in [-0.25, -0.2) is 0 Å². The van der Waals surface area contributed by atoms with Crippen LogP contribution in [0.3, 0.4) is 0 Å². The highest BCUT2D eigenvalue weighted by Crippen LogP contribution is 2.23. The zero-order chi connectivity index (χ0) is 12.8. The highest BCUT2D eigenvalue weighted by molar-refractivity contribution is 5.97. The van der Waals surface area contributed by atoms with Gasteiger partial charge in [0.2, 0.25) is 0 Å². The fourth-order valence-electron chi connectivity index (χ4n) is 1.47. The molecule has 5 heteroatoms. The molecule has 0 radical (unpaired) electrons. The molecule has 5 nitrogen and oxygen atoms in total. The van der Waals surface area contributed by atoms with Crippen LogP contribution in [0.15, 0.2) is 18.2 Å². The molecule has 94 valence electrons. The number of amides is 1. The number of nitrogens with zero attached hydrogens (tertiary/aromatic N) is 1. The Morgan fingerprint density at radius 3 is 2.71 bits per heavy atom. The van der Waals surface area contributed by atoms with E-state index in [1.165, 1.54) is 23.1 Å². The van der Waals surface area contributed by atoms with Crippen molar-refractivity contribution in [2.24, 2.45) is 0 Å². The van der Waals surface area contributed by atoms with E-state index in [1.54, 1.807) is 7.11 Å². The van der Waals surface area contributed by atoms with E-state index in [2.05, 4.69) is 0 Å². The molecule has 17 heavy (non-hydrogen) atoms. The summed E-state index contributed by atoms with van der Waals surface area (Å²) in [6.45, 7) is 3.23. The van der Waals surface area contributed by atoms with Crippen LogP contribution < -0.4 is 0 Å². The molecule has 0 spiro atoms. The lowest BCUT2D eigenvalue weighted by atomic mass is 10.1. The van der Waals surface area contributed by atoms with Gasteiger partial charge in [0.1, 0.15) is 11.5 Å². The van der Waals surface area contributed by atoms with Crippen molar-refractivity contribution in [1.82, 2.24) is 4.90 Å². The Balaban J connectivity index is 2.89. The molecule has 0 saturated heterocycles. The maximum absolute atomic E-state index is 12.1. The number of hydrogen-bond donors (Lipinski definition) is 2. The normalized spacial score (nSPS) is 10.2. The standard InChI is InChI=1S/C12H17NO4/c1-3-13(6-7-17-2)12(16)10-8-9(14)4-5-11(10)15/h4-5,8,14-15H,3,6-7H2,1-2H3. The lowest BCUT2D eigenvalue weighted by Gasteiger charge is -2.20. The fourth-order valence-corrected chi connectivity index (χ4v) is 1.47. The van der Waals surface area contributed by atoms with E-state index < -0.39 is 0 Å². The van der Waals surface area contributed by atoms with Crippen molar-refractivity contribution in [2.45, 2.75) is 6.92 Å². The van der Waals surface area contributed by atoms with Crippen molar-refractivity contribution in [1.29, 1.82) is 0 Å². The second-order valence-electron chi connectivity index (χ2n) is 3.58. The molecule has 1 aromatic rings. The van der Waals surface area contributed by atoms with Crippen molar-refractivity contribution >= 4 is 5.91 Å². The van der Waals surface area contributed by atoms with Gasteiger partial charge in [-0.3, -0.25) is 4.79 Å². The van der Waals surface area contributed by atoms with E-state index in [1.807, 2.05) is 6.92 Å². The molecule has 0 bridgehead atoms. The van der Waals surface area contributed by atoms with Gasteiger partial charge >= 0.3 is 0 Å². The van der Waals surface area contributed by atoms with E-state index in [4.69, 9.17) is 4.74 Å². The smallest absolute Gasteiger partial charge is 0.257 e. The largest absolute Gasteiger partial charge is 0.508 e. The molecule has 0 unspecified atom stereocenters. The van der Waals surface area contributed by atoms with Crippen LogP contribution >= 0.6 is 0 Å². The van der Waals surface area contributed by atoms with E-state index in [0.717, 1.165) is 0 Å². The van der Waals surface area contributed by atoms with E-state index in [-0.39, 0.29) is 23.0 Å². The van der Waals surface area contributed by atoms with Gasteiger partial charge in [0.25, 0.3) is 5.91 Å². The van der Waals surface area contributed by atoms with Crippen LogP contribution in [-0.2, 0) is 4.74 Å². The van der Waals surface area contributed by atoms with Crippen LogP contribution in [-0.4, -0.2) is 47.8 Å². The van der Waals surface area contributed by atoms with Gasteiger partial charge in [0, 0.05) is 20.2 Å². The first-order chi connectivity index (χ1) is 8.10. The molecule has 0 atom stereocenters. The van der Waals surface area contributed by atoms with Crippen LogP contribution in [0.2, 0.25) is 0 Å². The number of likely N-dealkylation sites (N-methyl/N-ethyl adjacent to an activating group) is 1. The number of phenolic OH excluding ortho intramolecular Hbond substituents is 2. The Bertz CT molecular complexity index is 392. The lowest BCUT2D eigenvalue weighted by molar-refractivity contribution is 0.0703. The molecule has 0 aromatic heterocycles. The molecule has 2 N–H and O–H groups in total. The molecule has 0 heterocycles. The van der Waals surface area contributed by atoms with Crippen LogP contribution in [0.1, 0.15) is 17.3 Å². The minimum atomic E-state index is -0.321. The van der Waals surface area contributed by atoms with Crippen LogP contribution in [0.5, 0.6) is 11.5 Å². The minimum absolute atomic E-state index is 0.0473. The number of ether oxygens (including phenoxy) is 1. The number of methoxy groups -OCH3 is 1. The first-order valence-electron chi connectivity index (χ1n) is 5.40. The molecular weight excluding hydrogens is 222 g/mol. The summed E-state index contributed by atoms with van der Waals surface area (Å²) in [6.07, 6.45) is 0. The summed E-state index contributed by atoms with van der Waals surface area (Å²) in [7, 11) is 1.56. The Labute approximate surface area is 100 Å². The molecule has 0 aliphatic carbocycles. The van der Waals surface area contributed by atoms with Gasteiger partial charge in [-0.05, 0) is 25.1 Å².